The van der Waals surface area contributed by atoms with Gasteiger partial charge in [-0.2, -0.15) is 0 Å². The van der Waals surface area contributed by atoms with E-state index in [-0.39, 0.29) is 5.91 Å². The first-order chi connectivity index (χ1) is 7.51. The predicted octanol–water partition coefficient (Wildman–Crippen LogP) is -0.307. The van der Waals surface area contributed by atoms with E-state index in [0.29, 0.717) is 31.7 Å². The zero-order chi connectivity index (χ0) is 12.6. The van der Waals surface area contributed by atoms with Gasteiger partial charge in [-0.25, -0.2) is 0 Å². The van der Waals surface area contributed by atoms with Gasteiger partial charge in [0.25, 0.3) is 0 Å². The second kappa shape index (κ2) is 8.24. The van der Waals surface area contributed by atoms with Gasteiger partial charge >= 0.3 is 0 Å². The van der Waals surface area contributed by atoms with Gasteiger partial charge in [-0.15, -0.1) is 0 Å². The van der Waals surface area contributed by atoms with E-state index in [0.717, 1.165) is 0 Å². The van der Waals surface area contributed by atoms with Crippen molar-refractivity contribution in [2.24, 2.45) is 17.4 Å². The monoisotopic (exact) mass is 228 g/mol. The molecule has 1 amide bonds. The number of hydrogen-bond donors (Lipinski definition) is 3. The number of rotatable bonds is 8. The molecule has 0 fully saturated rings. The maximum Gasteiger partial charge on any atom is 0.237 e. The van der Waals surface area contributed by atoms with E-state index in [1.54, 1.807) is 6.29 Å². The van der Waals surface area contributed by atoms with Crippen LogP contribution in [0.4, 0.5) is 0 Å². The maximum absolute atomic E-state index is 11.6. The topological polar surface area (TPSA) is 98.2 Å². The first-order valence-electron chi connectivity index (χ1n) is 5.65. The molecule has 0 aromatic rings. The van der Waals surface area contributed by atoms with Gasteiger partial charge in [-0.3, -0.25) is 9.59 Å². The summed E-state index contributed by atoms with van der Waals surface area (Å²) in [6, 6.07) is -1.15. The van der Waals surface area contributed by atoms with Crippen molar-refractivity contribution in [2.75, 3.05) is 6.54 Å². The van der Waals surface area contributed by atoms with E-state index in [4.69, 9.17) is 11.5 Å². The molecule has 0 heterocycles. The van der Waals surface area contributed by atoms with Crippen LogP contribution >= 0.6 is 0 Å². The van der Waals surface area contributed by atoms with Crippen LogP contribution in [0.5, 0.6) is 0 Å². The number of amides is 1. The Morgan fingerprint density at radius 1 is 1.44 bits per heavy atom. The highest BCUT2D eigenvalue weighted by Crippen LogP contribution is 2.03. The van der Waals surface area contributed by atoms with Gasteiger partial charge in [0.1, 0.15) is 0 Å². The molecule has 16 heavy (non-hydrogen) atoms. The minimum Gasteiger partial charge on any atom is -0.344 e. The molecule has 0 spiro atoms. The molecule has 5 heteroatoms. The Morgan fingerprint density at radius 2 is 2.06 bits per heavy atom. The second-order valence-electron chi connectivity index (χ2n) is 4.35. The minimum absolute atomic E-state index is 0.293. The molecule has 1 radical (unpaired) electrons. The van der Waals surface area contributed by atoms with Gasteiger partial charge in [-0.1, -0.05) is 13.8 Å². The average molecular weight is 228 g/mol. The summed E-state index contributed by atoms with van der Waals surface area (Å²) in [6.45, 7) is 4.47. The largest absolute Gasteiger partial charge is 0.344 e. The van der Waals surface area contributed by atoms with Crippen molar-refractivity contribution in [1.82, 2.24) is 5.32 Å². The molecule has 0 aromatic heterocycles. The lowest BCUT2D eigenvalue weighted by molar-refractivity contribution is -0.123. The molecule has 5 nitrogen and oxygen atoms in total. The van der Waals surface area contributed by atoms with E-state index in [1.165, 1.54) is 0 Å². The Bertz CT molecular complexity index is 219. The van der Waals surface area contributed by atoms with Crippen molar-refractivity contribution in [2.45, 2.75) is 45.2 Å². The normalized spacial score (nSPS) is 14.6. The molecule has 0 saturated carbocycles. The zero-order valence-corrected chi connectivity index (χ0v) is 10.0. The molecule has 93 valence electrons. The summed E-state index contributed by atoms with van der Waals surface area (Å²) in [5.74, 6) is 0.0579. The third-order valence-corrected chi connectivity index (χ3v) is 2.22. The highest BCUT2D eigenvalue weighted by atomic mass is 16.2. The molecule has 0 saturated heterocycles. The van der Waals surface area contributed by atoms with Gasteiger partial charge < -0.3 is 16.8 Å². The summed E-state index contributed by atoms with van der Waals surface area (Å²) in [4.78, 5) is 22.1. The van der Waals surface area contributed by atoms with Gasteiger partial charge in [0, 0.05) is 0 Å². The third kappa shape index (κ3) is 6.53. The van der Waals surface area contributed by atoms with Crippen LogP contribution in [0.3, 0.4) is 0 Å². The number of carbonyl (C=O) groups excluding carboxylic acids is 2. The van der Waals surface area contributed by atoms with Crippen LogP contribution in [0.15, 0.2) is 0 Å². The lowest BCUT2D eigenvalue weighted by Gasteiger charge is -2.17. The highest BCUT2D eigenvalue weighted by Gasteiger charge is 2.18. The van der Waals surface area contributed by atoms with Crippen LogP contribution < -0.4 is 16.8 Å². The van der Waals surface area contributed by atoms with E-state index in [2.05, 4.69) is 5.32 Å². The first kappa shape index (κ1) is 15.1. The molecule has 5 N–H and O–H groups in total. The standard InChI is InChI=1S/C11H22N3O2/c1-8(2)6-10(13)11(16)14-9(7-15)4-3-5-12/h8-10H,3-6,12-13H2,1-2H3,(H,14,16)/t9-,10+/m1/s1. The number of hydrogen-bond acceptors (Lipinski definition) is 4. The van der Waals surface area contributed by atoms with Gasteiger partial charge in [0.2, 0.25) is 12.2 Å². The summed E-state index contributed by atoms with van der Waals surface area (Å²) in [6.07, 6.45) is 3.58. The Balaban J connectivity index is 4.03. The minimum atomic E-state index is -0.589. The van der Waals surface area contributed by atoms with E-state index in [1.807, 2.05) is 13.8 Å². The lowest BCUT2D eigenvalue weighted by Crippen LogP contribution is -2.46. The van der Waals surface area contributed by atoms with Gasteiger partial charge in [0.15, 0.2) is 0 Å². The molecule has 0 aliphatic carbocycles. The van der Waals surface area contributed by atoms with Crippen LogP contribution in [-0.2, 0) is 9.59 Å². The smallest absolute Gasteiger partial charge is 0.237 e. The summed E-state index contributed by atoms with van der Waals surface area (Å²) >= 11 is 0. The van der Waals surface area contributed by atoms with Gasteiger partial charge in [0.05, 0.1) is 12.1 Å². The Kier molecular flexibility index (Phi) is 7.76. The fourth-order valence-electron chi connectivity index (χ4n) is 1.38. The average Bonchev–Trinajstić information content (AvgIpc) is 2.22. The van der Waals surface area contributed by atoms with Crippen molar-refractivity contribution in [1.29, 1.82) is 0 Å². The zero-order valence-electron chi connectivity index (χ0n) is 10.0. The van der Waals surface area contributed by atoms with Crippen LogP contribution in [0.1, 0.15) is 33.1 Å². The lowest BCUT2D eigenvalue weighted by atomic mass is 10.0. The number of nitrogens with two attached hydrogens (primary N) is 2. The number of carbonyl (C=O) groups is 1. The predicted molar refractivity (Wildman–Crippen MR) is 63.3 cm³/mol. The highest BCUT2D eigenvalue weighted by molar-refractivity contribution is 5.84. The Hall–Kier alpha value is -0.940. The van der Waals surface area contributed by atoms with Crippen LogP contribution in [0, 0.1) is 5.92 Å². The van der Waals surface area contributed by atoms with Gasteiger partial charge in [-0.05, 0) is 31.7 Å². The fourth-order valence-corrected chi connectivity index (χ4v) is 1.38. The molecule has 0 aromatic carbocycles. The SMILES string of the molecule is CC(C)C[C@H](N)C(=O)N[C@@H]([C]=O)CCCN. The quantitative estimate of drug-likeness (QED) is 0.531. The summed E-state index contributed by atoms with van der Waals surface area (Å²) in [5.41, 5.74) is 11.0. The molecule has 0 unspecified atom stereocenters. The fraction of sp³-hybridized carbons (Fsp3) is 0.818. The van der Waals surface area contributed by atoms with E-state index < -0.39 is 12.1 Å². The third-order valence-electron chi connectivity index (χ3n) is 2.22. The first-order valence-corrected chi connectivity index (χ1v) is 5.65. The van der Waals surface area contributed by atoms with Crippen molar-refractivity contribution < 1.29 is 9.59 Å². The van der Waals surface area contributed by atoms with Crippen LogP contribution in [0.25, 0.3) is 0 Å². The molecule has 2 atom stereocenters. The number of nitrogens with one attached hydrogen (secondary N) is 1. The molecule has 0 aliphatic heterocycles. The summed E-state index contributed by atoms with van der Waals surface area (Å²) in [5, 5.41) is 2.56. The molecular formula is C11H22N3O2. The summed E-state index contributed by atoms with van der Waals surface area (Å²) < 4.78 is 0. The van der Waals surface area contributed by atoms with Crippen molar-refractivity contribution in [3.8, 4) is 0 Å². The molecule has 0 aliphatic rings. The van der Waals surface area contributed by atoms with E-state index in [9.17, 15) is 9.59 Å². The summed E-state index contributed by atoms with van der Waals surface area (Å²) in [7, 11) is 0. The van der Waals surface area contributed by atoms with Crippen molar-refractivity contribution in [3.63, 3.8) is 0 Å². The van der Waals surface area contributed by atoms with Crippen molar-refractivity contribution in [3.05, 3.63) is 0 Å². The van der Waals surface area contributed by atoms with Crippen LogP contribution in [-0.4, -0.2) is 30.8 Å². The Labute approximate surface area is 96.9 Å². The van der Waals surface area contributed by atoms with E-state index >= 15 is 0 Å². The molecule has 0 bridgehead atoms. The molecular weight excluding hydrogens is 206 g/mol. The second-order valence-corrected chi connectivity index (χ2v) is 4.35. The Morgan fingerprint density at radius 3 is 2.50 bits per heavy atom. The van der Waals surface area contributed by atoms with Crippen LogP contribution in [0.2, 0.25) is 0 Å². The maximum atomic E-state index is 11.6. The van der Waals surface area contributed by atoms with Crippen molar-refractivity contribution >= 4 is 12.2 Å². The molecule has 0 rings (SSSR count).